The van der Waals surface area contributed by atoms with Crippen LogP contribution < -0.4 is 0 Å². The first kappa shape index (κ1) is 24.3. The lowest BCUT2D eigenvalue weighted by atomic mass is 9.84. The first-order valence-electron chi connectivity index (χ1n) is 10.5. The smallest absolute Gasteiger partial charge is 0.311 e. The maximum atomic E-state index is 12.1. The third-order valence-electron chi connectivity index (χ3n) is 6.08. The summed E-state index contributed by atoms with van der Waals surface area (Å²) >= 11 is 0. The van der Waals surface area contributed by atoms with Crippen molar-refractivity contribution in [1.82, 2.24) is 0 Å². The Morgan fingerprint density at radius 1 is 1.21 bits per heavy atom. The van der Waals surface area contributed by atoms with E-state index in [2.05, 4.69) is 40.4 Å². The minimum absolute atomic E-state index is 0.0953. The Hall–Kier alpha value is -0.953. The van der Waals surface area contributed by atoms with E-state index in [9.17, 15) is 4.79 Å². The van der Waals surface area contributed by atoms with E-state index in [4.69, 9.17) is 18.6 Å². The van der Waals surface area contributed by atoms with Gasteiger partial charge in [-0.05, 0) is 70.0 Å². The molecule has 0 radical (unpaired) electrons. The highest BCUT2D eigenvalue weighted by Crippen LogP contribution is 2.45. The molecule has 1 saturated heterocycles. The number of rotatable bonds is 4. The third-order valence-corrected chi connectivity index (χ3v) is 10.6. The Bertz CT molecular complexity index is 678. The summed E-state index contributed by atoms with van der Waals surface area (Å²) in [7, 11) is -2.00. The lowest BCUT2D eigenvalue weighted by Gasteiger charge is -2.43. The molecular formula is C23H40O5Si. The summed E-state index contributed by atoms with van der Waals surface area (Å²) in [6.07, 6.45) is 2.08. The predicted molar refractivity (Wildman–Crippen MR) is 118 cm³/mol. The molecule has 0 aromatic heterocycles. The highest BCUT2D eigenvalue weighted by Gasteiger charge is 2.52. The molecule has 0 amide bonds. The van der Waals surface area contributed by atoms with Gasteiger partial charge in [0.15, 0.2) is 14.1 Å². The highest BCUT2D eigenvalue weighted by atomic mass is 28.4. The third kappa shape index (κ3) is 5.60. The number of carbonyl (C=O) groups is 1. The van der Waals surface area contributed by atoms with Crippen LogP contribution in [0.25, 0.3) is 0 Å². The molecule has 29 heavy (non-hydrogen) atoms. The standard InChI is InChI=1S/C23H40O5Si/c1-15-16(12-13-25-20(24)21(2,3)4)14-17(28-29(10,11)22(5,6)7)19-18(15)26-23(8,9)27-19/h12,17-19H,1,13-14H2,2-11H3/b16-12-/t17-,18-,19-/m1/s1. The fourth-order valence-electron chi connectivity index (χ4n) is 3.29. The molecule has 2 rings (SSSR count). The average molecular weight is 425 g/mol. The molecule has 0 bridgehead atoms. The Morgan fingerprint density at radius 2 is 1.79 bits per heavy atom. The van der Waals surface area contributed by atoms with Gasteiger partial charge in [-0.1, -0.05) is 27.4 Å². The molecule has 0 aromatic rings. The molecule has 0 spiro atoms. The van der Waals surface area contributed by atoms with Crippen LogP contribution in [0, 0.1) is 5.41 Å². The van der Waals surface area contributed by atoms with Gasteiger partial charge in [0.05, 0.1) is 11.5 Å². The minimum atomic E-state index is -2.00. The van der Waals surface area contributed by atoms with E-state index in [1.165, 1.54) is 0 Å². The topological polar surface area (TPSA) is 54.0 Å². The fourth-order valence-corrected chi connectivity index (χ4v) is 4.62. The molecule has 2 aliphatic rings. The number of hydrogen-bond acceptors (Lipinski definition) is 5. The van der Waals surface area contributed by atoms with Gasteiger partial charge in [0.1, 0.15) is 18.8 Å². The summed E-state index contributed by atoms with van der Waals surface area (Å²) in [5, 5.41) is 0.0953. The Kier molecular flexibility index (Phi) is 6.67. The maximum Gasteiger partial charge on any atom is 0.311 e. The molecule has 6 heteroatoms. The van der Waals surface area contributed by atoms with Crippen molar-refractivity contribution in [2.24, 2.45) is 5.41 Å². The molecule has 5 nitrogen and oxygen atoms in total. The van der Waals surface area contributed by atoms with E-state index in [-0.39, 0.29) is 35.9 Å². The molecule has 1 heterocycles. The van der Waals surface area contributed by atoms with Gasteiger partial charge < -0.3 is 18.6 Å². The molecule has 0 aromatic carbocycles. The van der Waals surface area contributed by atoms with Crippen molar-refractivity contribution in [2.75, 3.05) is 6.61 Å². The van der Waals surface area contributed by atoms with Gasteiger partial charge in [-0.3, -0.25) is 4.79 Å². The van der Waals surface area contributed by atoms with Crippen molar-refractivity contribution < 1.29 is 23.4 Å². The van der Waals surface area contributed by atoms with Gasteiger partial charge in [0.2, 0.25) is 0 Å². The first-order chi connectivity index (χ1) is 12.9. The summed E-state index contributed by atoms with van der Waals surface area (Å²) in [6, 6.07) is 0. The average Bonchev–Trinajstić information content (AvgIpc) is 2.85. The number of carbonyl (C=O) groups excluding carboxylic acids is 1. The van der Waals surface area contributed by atoms with Gasteiger partial charge >= 0.3 is 5.97 Å². The molecule has 0 unspecified atom stereocenters. The molecule has 3 atom stereocenters. The first-order valence-corrected chi connectivity index (χ1v) is 13.4. The second-order valence-electron chi connectivity index (χ2n) is 11.2. The van der Waals surface area contributed by atoms with E-state index in [1.54, 1.807) is 0 Å². The number of hydrogen-bond donors (Lipinski definition) is 0. The van der Waals surface area contributed by atoms with Crippen LogP contribution in [0.3, 0.4) is 0 Å². The highest BCUT2D eigenvalue weighted by molar-refractivity contribution is 6.74. The molecule has 166 valence electrons. The fraction of sp³-hybridized carbons (Fsp3) is 0.783. The van der Waals surface area contributed by atoms with Crippen LogP contribution in [0.1, 0.15) is 61.8 Å². The minimum Gasteiger partial charge on any atom is -0.461 e. The van der Waals surface area contributed by atoms with Gasteiger partial charge in [-0.2, -0.15) is 0 Å². The van der Waals surface area contributed by atoms with Crippen molar-refractivity contribution in [3.63, 3.8) is 0 Å². The van der Waals surface area contributed by atoms with Crippen molar-refractivity contribution in [2.45, 2.75) is 104 Å². The second kappa shape index (κ2) is 7.95. The van der Waals surface area contributed by atoms with Crippen LogP contribution in [0.15, 0.2) is 23.8 Å². The SMILES string of the molecule is C=C1/C(=C\COC(=O)C(C)(C)C)C[C@@H](O[Si](C)(C)C(C)(C)C)[C@H]2OC(C)(C)O[C@H]12. The van der Waals surface area contributed by atoms with Gasteiger partial charge in [0.25, 0.3) is 0 Å². The summed E-state index contributed by atoms with van der Waals surface area (Å²) in [5.41, 5.74) is 1.40. The van der Waals surface area contributed by atoms with Crippen molar-refractivity contribution in [3.8, 4) is 0 Å². The van der Waals surface area contributed by atoms with Crippen molar-refractivity contribution in [1.29, 1.82) is 0 Å². The van der Waals surface area contributed by atoms with Crippen LogP contribution in [-0.2, 0) is 23.4 Å². The monoisotopic (exact) mass is 424 g/mol. The zero-order chi connectivity index (χ0) is 22.4. The van der Waals surface area contributed by atoms with E-state index >= 15 is 0 Å². The van der Waals surface area contributed by atoms with Gasteiger partial charge in [-0.25, -0.2) is 0 Å². The number of ether oxygens (including phenoxy) is 3. The van der Waals surface area contributed by atoms with Gasteiger partial charge in [-0.15, -0.1) is 0 Å². The maximum absolute atomic E-state index is 12.1. The summed E-state index contributed by atoms with van der Waals surface area (Å²) in [4.78, 5) is 12.1. The molecular weight excluding hydrogens is 384 g/mol. The van der Waals surface area contributed by atoms with Gasteiger partial charge in [0, 0.05) is 6.42 Å². The number of esters is 1. The molecule has 1 aliphatic heterocycles. The van der Waals surface area contributed by atoms with Crippen LogP contribution in [-0.4, -0.2) is 45.0 Å². The lowest BCUT2D eigenvalue weighted by Crippen LogP contribution is -2.51. The second-order valence-corrected chi connectivity index (χ2v) is 16.0. The van der Waals surface area contributed by atoms with Crippen molar-refractivity contribution in [3.05, 3.63) is 23.8 Å². The number of fused-ring (bicyclic) bond motifs is 1. The van der Waals surface area contributed by atoms with Crippen LogP contribution in [0.2, 0.25) is 18.1 Å². The Labute approximate surface area is 177 Å². The summed E-state index contributed by atoms with van der Waals surface area (Å²) < 4.78 is 24.6. The van der Waals surface area contributed by atoms with E-state index in [0.717, 1.165) is 11.1 Å². The van der Waals surface area contributed by atoms with E-state index in [0.29, 0.717) is 6.42 Å². The zero-order valence-corrected chi connectivity index (χ0v) is 21.0. The molecule has 1 saturated carbocycles. The lowest BCUT2D eigenvalue weighted by molar-refractivity contribution is -0.152. The summed E-state index contributed by atoms with van der Waals surface area (Å²) in [5.74, 6) is -0.897. The van der Waals surface area contributed by atoms with Crippen LogP contribution in [0.4, 0.5) is 0 Å². The quantitative estimate of drug-likeness (QED) is 0.448. The van der Waals surface area contributed by atoms with E-state index in [1.807, 2.05) is 40.7 Å². The van der Waals surface area contributed by atoms with Crippen molar-refractivity contribution >= 4 is 14.3 Å². The largest absolute Gasteiger partial charge is 0.461 e. The normalized spacial score (nSPS) is 29.1. The van der Waals surface area contributed by atoms with Crippen LogP contribution >= 0.6 is 0 Å². The van der Waals surface area contributed by atoms with E-state index < -0.39 is 19.5 Å². The molecule has 2 fully saturated rings. The van der Waals surface area contributed by atoms with Crippen LogP contribution in [0.5, 0.6) is 0 Å². The molecule has 0 N–H and O–H groups in total. The summed E-state index contributed by atoms with van der Waals surface area (Å²) in [6.45, 7) is 25.1. The molecule has 1 aliphatic carbocycles. The zero-order valence-electron chi connectivity index (χ0n) is 20.0. The predicted octanol–water partition coefficient (Wildman–Crippen LogP) is 5.37. The Balaban J connectivity index is 2.23. The Morgan fingerprint density at radius 3 is 2.31 bits per heavy atom.